The Bertz CT molecular complexity index is 671. The van der Waals surface area contributed by atoms with Crippen molar-refractivity contribution in [2.75, 3.05) is 13.2 Å². The molecule has 26 heavy (non-hydrogen) atoms. The highest BCUT2D eigenvalue weighted by Crippen LogP contribution is 2.50. The molecular weight excluding hydrogens is 318 g/mol. The predicted octanol–water partition coefficient (Wildman–Crippen LogP) is 5.16. The van der Waals surface area contributed by atoms with Crippen molar-refractivity contribution in [1.29, 1.82) is 0 Å². The van der Waals surface area contributed by atoms with Crippen LogP contribution in [0.5, 0.6) is 0 Å². The Kier molecular flexibility index (Phi) is 5.72. The number of hydrogen-bond acceptors (Lipinski definition) is 2. The molecule has 0 bridgehead atoms. The van der Waals surface area contributed by atoms with Gasteiger partial charge in [0, 0.05) is 25.2 Å². The standard InChI is InChI=1S/C24H31NO/c26-17-9-16-25-23-15-8-7-14-21(23)22(19-10-3-1-4-11-19)18-24(25)20-12-5-2-6-13-20/h1-6,10-13,21-24,26H,7-9,14-18H2. The van der Waals surface area contributed by atoms with E-state index in [-0.39, 0.29) is 6.61 Å². The monoisotopic (exact) mass is 349 g/mol. The van der Waals surface area contributed by atoms with Crippen molar-refractivity contribution in [3.63, 3.8) is 0 Å². The van der Waals surface area contributed by atoms with E-state index in [1.54, 1.807) is 0 Å². The van der Waals surface area contributed by atoms with Crippen molar-refractivity contribution in [2.45, 2.75) is 56.5 Å². The minimum atomic E-state index is 0.289. The van der Waals surface area contributed by atoms with Gasteiger partial charge in [0.15, 0.2) is 0 Å². The van der Waals surface area contributed by atoms with Crippen LogP contribution in [0.3, 0.4) is 0 Å². The fourth-order valence-electron chi connectivity index (χ4n) is 5.46. The van der Waals surface area contributed by atoms with Gasteiger partial charge in [-0.15, -0.1) is 0 Å². The zero-order valence-corrected chi connectivity index (χ0v) is 15.6. The summed E-state index contributed by atoms with van der Waals surface area (Å²) in [5.74, 6) is 1.40. The maximum absolute atomic E-state index is 9.45. The lowest BCUT2D eigenvalue weighted by molar-refractivity contribution is -0.00397. The first-order chi connectivity index (χ1) is 12.9. The molecule has 4 unspecified atom stereocenters. The van der Waals surface area contributed by atoms with Crippen LogP contribution in [0.2, 0.25) is 0 Å². The van der Waals surface area contributed by atoms with Gasteiger partial charge < -0.3 is 5.11 Å². The van der Waals surface area contributed by atoms with E-state index >= 15 is 0 Å². The van der Waals surface area contributed by atoms with Gasteiger partial charge in [0.2, 0.25) is 0 Å². The molecule has 4 rings (SSSR count). The Labute approximate surface area is 157 Å². The molecular formula is C24H31NO. The summed E-state index contributed by atoms with van der Waals surface area (Å²) in [5.41, 5.74) is 2.96. The van der Waals surface area contributed by atoms with E-state index in [0.717, 1.165) is 18.9 Å². The Morgan fingerprint density at radius 1 is 0.846 bits per heavy atom. The summed E-state index contributed by atoms with van der Waals surface area (Å²) >= 11 is 0. The van der Waals surface area contributed by atoms with E-state index in [1.165, 1.54) is 43.2 Å². The van der Waals surface area contributed by atoms with Crippen LogP contribution in [-0.4, -0.2) is 29.2 Å². The fourth-order valence-corrected chi connectivity index (χ4v) is 5.46. The van der Waals surface area contributed by atoms with Crippen LogP contribution in [0.1, 0.15) is 61.6 Å². The number of nitrogens with zero attached hydrogens (tertiary/aromatic N) is 1. The first-order valence-electron chi connectivity index (χ1n) is 10.3. The molecule has 2 fully saturated rings. The molecule has 0 amide bonds. The predicted molar refractivity (Wildman–Crippen MR) is 107 cm³/mol. The van der Waals surface area contributed by atoms with Crippen LogP contribution in [0, 0.1) is 5.92 Å². The third kappa shape index (κ3) is 3.58. The lowest BCUT2D eigenvalue weighted by Crippen LogP contribution is -2.51. The van der Waals surface area contributed by atoms with Crippen LogP contribution >= 0.6 is 0 Å². The zero-order valence-electron chi connectivity index (χ0n) is 15.6. The lowest BCUT2D eigenvalue weighted by atomic mass is 9.66. The van der Waals surface area contributed by atoms with Gasteiger partial charge in [-0.25, -0.2) is 0 Å². The molecule has 0 spiro atoms. The molecule has 1 saturated carbocycles. The molecule has 0 aromatic heterocycles. The number of hydrogen-bond donors (Lipinski definition) is 1. The number of piperidine rings is 1. The van der Waals surface area contributed by atoms with E-state index in [9.17, 15) is 5.11 Å². The number of likely N-dealkylation sites (tertiary alicyclic amines) is 1. The second kappa shape index (κ2) is 8.37. The van der Waals surface area contributed by atoms with E-state index in [4.69, 9.17) is 0 Å². The molecule has 4 atom stereocenters. The minimum absolute atomic E-state index is 0.289. The summed E-state index contributed by atoms with van der Waals surface area (Å²) in [6.45, 7) is 1.30. The molecule has 2 nitrogen and oxygen atoms in total. The molecule has 2 aliphatic rings. The highest BCUT2D eigenvalue weighted by Gasteiger charge is 2.44. The zero-order chi connectivity index (χ0) is 17.8. The van der Waals surface area contributed by atoms with Gasteiger partial charge in [-0.2, -0.15) is 0 Å². The SMILES string of the molecule is OCCCN1C(c2ccccc2)CC(c2ccccc2)C2CCCCC21. The molecule has 1 aliphatic carbocycles. The maximum Gasteiger partial charge on any atom is 0.0443 e. The molecule has 1 aliphatic heterocycles. The quantitative estimate of drug-likeness (QED) is 0.806. The fraction of sp³-hybridized carbons (Fsp3) is 0.500. The third-order valence-corrected chi connectivity index (χ3v) is 6.59. The summed E-state index contributed by atoms with van der Waals surface area (Å²) in [6, 6.07) is 23.4. The molecule has 1 heterocycles. The number of fused-ring (bicyclic) bond motifs is 1. The number of rotatable bonds is 5. The normalized spacial score (nSPS) is 29.3. The summed E-state index contributed by atoms with van der Waals surface area (Å²) in [4.78, 5) is 2.74. The summed E-state index contributed by atoms with van der Waals surface area (Å²) < 4.78 is 0. The van der Waals surface area contributed by atoms with Gasteiger partial charge in [-0.3, -0.25) is 4.90 Å². The molecule has 2 aromatic carbocycles. The van der Waals surface area contributed by atoms with E-state index < -0.39 is 0 Å². The average molecular weight is 350 g/mol. The van der Waals surface area contributed by atoms with Crippen LogP contribution in [0.4, 0.5) is 0 Å². The van der Waals surface area contributed by atoms with Crippen molar-refractivity contribution in [1.82, 2.24) is 4.90 Å². The lowest BCUT2D eigenvalue weighted by Gasteiger charge is -2.52. The summed E-state index contributed by atoms with van der Waals surface area (Å²) in [5, 5.41) is 9.45. The molecule has 138 valence electrons. The topological polar surface area (TPSA) is 23.5 Å². The Morgan fingerprint density at radius 3 is 2.19 bits per heavy atom. The molecule has 2 heteroatoms. The first kappa shape index (κ1) is 17.8. The Balaban J connectivity index is 1.70. The van der Waals surface area contributed by atoms with Gasteiger partial charge in [-0.05, 0) is 48.6 Å². The van der Waals surface area contributed by atoms with E-state index in [1.807, 2.05) is 0 Å². The van der Waals surface area contributed by atoms with Crippen molar-refractivity contribution in [3.8, 4) is 0 Å². The average Bonchev–Trinajstić information content (AvgIpc) is 2.73. The van der Waals surface area contributed by atoms with Crippen molar-refractivity contribution in [3.05, 3.63) is 71.8 Å². The van der Waals surface area contributed by atoms with Gasteiger partial charge >= 0.3 is 0 Å². The van der Waals surface area contributed by atoms with Crippen LogP contribution < -0.4 is 0 Å². The van der Waals surface area contributed by atoms with Crippen LogP contribution in [0.15, 0.2) is 60.7 Å². The highest BCUT2D eigenvalue weighted by atomic mass is 16.3. The van der Waals surface area contributed by atoms with E-state index in [2.05, 4.69) is 65.6 Å². The first-order valence-corrected chi connectivity index (χ1v) is 10.3. The highest BCUT2D eigenvalue weighted by molar-refractivity contribution is 5.27. The number of aliphatic hydroxyl groups excluding tert-OH is 1. The van der Waals surface area contributed by atoms with Crippen LogP contribution in [-0.2, 0) is 0 Å². The molecule has 0 radical (unpaired) electrons. The van der Waals surface area contributed by atoms with Gasteiger partial charge in [-0.1, -0.05) is 73.5 Å². The second-order valence-electron chi connectivity index (χ2n) is 8.01. The Hall–Kier alpha value is -1.64. The van der Waals surface area contributed by atoms with Crippen molar-refractivity contribution < 1.29 is 5.11 Å². The Morgan fingerprint density at radius 2 is 1.50 bits per heavy atom. The summed E-state index contributed by atoms with van der Waals surface area (Å²) in [6.07, 6.45) is 7.45. The molecule has 1 N–H and O–H groups in total. The number of aliphatic hydroxyl groups is 1. The van der Waals surface area contributed by atoms with Crippen molar-refractivity contribution in [2.24, 2.45) is 5.92 Å². The number of benzene rings is 2. The maximum atomic E-state index is 9.45. The van der Waals surface area contributed by atoms with Gasteiger partial charge in [0.25, 0.3) is 0 Å². The van der Waals surface area contributed by atoms with E-state index in [0.29, 0.717) is 18.0 Å². The largest absolute Gasteiger partial charge is 0.396 e. The molecule has 1 saturated heterocycles. The third-order valence-electron chi connectivity index (χ3n) is 6.59. The molecule has 2 aromatic rings. The van der Waals surface area contributed by atoms with Crippen molar-refractivity contribution >= 4 is 0 Å². The second-order valence-corrected chi connectivity index (χ2v) is 8.01. The minimum Gasteiger partial charge on any atom is -0.396 e. The smallest absolute Gasteiger partial charge is 0.0443 e. The van der Waals surface area contributed by atoms with Gasteiger partial charge in [0.1, 0.15) is 0 Å². The summed E-state index contributed by atoms with van der Waals surface area (Å²) in [7, 11) is 0. The van der Waals surface area contributed by atoms with Gasteiger partial charge in [0.05, 0.1) is 0 Å². The van der Waals surface area contributed by atoms with Crippen LogP contribution in [0.25, 0.3) is 0 Å².